The molecule has 1 rings (SSSR count). The highest BCUT2D eigenvalue weighted by molar-refractivity contribution is 4.72. The molecule has 0 radical (unpaired) electrons. The molecule has 2 unspecified atom stereocenters. The molecule has 0 N–H and O–H groups in total. The standard InChI is InChI=1S/C11H23N/c1-4-12(3)9-11-7-5-6-10(2)8-11/h10-11H,4-9H2,1-3H3. The highest BCUT2D eigenvalue weighted by atomic mass is 15.1. The van der Waals surface area contributed by atoms with Crippen LogP contribution >= 0.6 is 0 Å². The smallest absolute Gasteiger partial charge is 0.000659 e. The molecule has 0 heterocycles. The zero-order chi connectivity index (χ0) is 8.97. The Balaban J connectivity index is 2.22. The summed E-state index contributed by atoms with van der Waals surface area (Å²) < 4.78 is 0. The van der Waals surface area contributed by atoms with Crippen molar-refractivity contribution in [1.82, 2.24) is 4.90 Å². The molecule has 1 saturated carbocycles. The summed E-state index contributed by atoms with van der Waals surface area (Å²) in [4.78, 5) is 2.45. The summed E-state index contributed by atoms with van der Waals surface area (Å²) in [6.07, 6.45) is 5.86. The zero-order valence-electron chi connectivity index (χ0n) is 8.84. The van der Waals surface area contributed by atoms with Gasteiger partial charge in [-0.2, -0.15) is 0 Å². The molecule has 0 aromatic heterocycles. The van der Waals surface area contributed by atoms with Crippen molar-refractivity contribution in [2.45, 2.75) is 39.5 Å². The Morgan fingerprint density at radius 1 is 1.33 bits per heavy atom. The van der Waals surface area contributed by atoms with Gasteiger partial charge in [0.05, 0.1) is 0 Å². The van der Waals surface area contributed by atoms with E-state index in [9.17, 15) is 0 Å². The van der Waals surface area contributed by atoms with Crippen molar-refractivity contribution >= 4 is 0 Å². The summed E-state index contributed by atoms with van der Waals surface area (Å²) in [6, 6.07) is 0. The van der Waals surface area contributed by atoms with Crippen LogP contribution in [-0.2, 0) is 0 Å². The molecule has 0 aromatic carbocycles. The molecular formula is C11H23N. The van der Waals surface area contributed by atoms with Crippen LogP contribution in [0.1, 0.15) is 39.5 Å². The molecular weight excluding hydrogens is 146 g/mol. The normalized spacial score (nSPS) is 31.0. The van der Waals surface area contributed by atoms with Crippen molar-refractivity contribution in [3.05, 3.63) is 0 Å². The maximum atomic E-state index is 2.45. The molecule has 12 heavy (non-hydrogen) atoms. The van der Waals surface area contributed by atoms with E-state index in [0.29, 0.717) is 0 Å². The first-order chi connectivity index (χ1) is 5.72. The second kappa shape index (κ2) is 4.86. The van der Waals surface area contributed by atoms with Crippen molar-refractivity contribution in [3.63, 3.8) is 0 Å². The fourth-order valence-electron chi connectivity index (χ4n) is 2.30. The van der Waals surface area contributed by atoms with Gasteiger partial charge in [0.1, 0.15) is 0 Å². The molecule has 0 saturated heterocycles. The van der Waals surface area contributed by atoms with Crippen LogP contribution in [0.15, 0.2) is 0 Å². The van der Waals surface area contributed by atoms with Gasteiger partial charge in [-0.05, 0) is 38.3 Å². The maximum Gasteiger partial charge on any atom is 0.000659 e. The molecule has 1 aliphatic carbocycles. The SMILES string of the molecule is CCN(C)CC1CCCC(C)C1. The Hall–Kier alpha value is -0.0400. The Morgan fingerprint density at radius 3 is 2.67 bits per heavy atom. The van der Waals surface area contributed by atoms with Crippen molar-refractivity contribution in [3.8, 4) is 0 Å². The maximum absolute atomic E-state index is 2.45. The Morgan fingerprint density at radius 2 is 2.08 bits per heavy atom. The van der Waals surface area contributed by atoms with E-state index < -0.39 is 0 Å². The average molecular weight is 169 g/mol. The summed E-state index contributed by atoms with van der Waals surface area (Å²) in [5, 5.41) is 0. The lowest BCUT2D eigenvalue weighted by Gasteiger charge is -2.29. The van der Waals surface area contributed by atoms with Gasteiger partial charge < -0.3 is 4.90 Å². The first kappa shape index (κ1) is 10.0. The van der Waals surface area contributed by atoms with Gasteiger partial charge in [0.2, 0.25) is 0 Å². The second-order valence-corrected chi connectivity index (χ2v) is 4.49. The van der Waals surface area contributed by atoms with E-state index >= 15 is 0 Å². The third-order valence-electron chi connectivity index (χ3n) is 3.15. The van der Waals surface area contributed by atoms with Crippen LogP contribution in [0.4, 0.5) is 0 Å². The monoisotopic (exact) mass is 169 g/mol. The van der Waals surface area contributed by atoms with Gasteiger partial charge in [-0.1, -0.05) is 26.7 Å². The Kier molecular flexibility index (Phi) is 4.07. The van der Waals surface area contributed by atoms with Gasteiger partial charge in [-0.25, -0.2) is 0 Å². The summed E-state index contributed by atoms with van der Waals surface area (Å²) in [5.41, 5.74) is 0. The van der Waals surface area contributed by atoms with Crippen LogP contribution in [0.2, 0.25) is 0 Å². The van der Waals surface area contributed by atoms with Crippen LogP contribution in [0.3, 0.4) is 0 Å². The van der Waals surface area contributed by atoms with Crippen LogP contribution in [0, 0.1) is 11.8 Å². The van der Waals surface area contributed by atoms with Gasteiger partial charge in [0, 0.05) is 6.54 Å². The van der Waals surface area contributed by atoms with Crippen LogP contribution in [-0.4, -0.2) is 25.0 Å². The van der Waals surface area contributed by atoms with E-state index in [1.165, 1.54) is 38.8 Å². The largest absolute Gasteiger partial charge is 0.306 e. The Labute approximate surface area is 77.1 Å². The molecule has 0 spiro atoms. The summed E-state index contributed by atoms with van der Waals surface area (Å²) in [5.74, 6) is 1.97. The fourth-order valence-corrected chi connectivity index (χ4v) is 2.30. The molecule has 0 aliphatic heterocycles. The topological polar surface area (TPSA) is 3.24 Å². The summed E-state index contributed by atoms with van der Waals surface area (Å²) in [7, 11) is 2.24. The first-order valence-corrected chi connectivity index (χ1v) is 5.41. The zero-order valence-corrected chi connectivity index (χ0v) is 8.84. The van der Waals surface area contributed by atoms with Gasteiger partial charge in [-0.3, -0.25) is 0 Å². The van der Waals surface area contributed by atoms with Crippen LogP contribution < -0.4 is 0 Å². The first-order valence-electron chi connectivity index (χ1n) is 5.41. The molecule has 1 heteroatoms. The minimum Gasteiger partial charge on any atom is -0.306 e. The lowest BCUT2D eigenvalue weighted by Crippen LogP contribution is -2.28. The number of nitrogens with zero attached hydrogens (tertiary/aromatic N) is 1. The minimum absolute atomic E-state index is 0.981. The molecule has 0 amide bonds. The molecule has 1 aliphatic rings. The van der Waals surface area contributed by atoms with E-state index in [4.69, 9.17) is 0 Å². The molecule has 72 valence electrons. The van der Waals surface area contributed by atoms with Crippen LogP contribution in [0.5, 0.6) is 0 Å². The van der Waals surface area contributed by atoms with Crippen LogP contribution in [0.25, 0.3) is 0 Å². The predicted octanol–water partition coefficient (Wildman–Crippen LogP) is 2.76. The van der Waals surface area contributed by atoms with E-state index in [1.807, 2.05) is 0 Å². The predicted molar refractivity (Wildman–Crippen MR) is 54.3 cm³/mol. The molecule has 1 fully saturated rings. The molecule has 2 atom stereocenters. The number of rotatable bonds is 3. The van der Waals surface area contributed by atoms with E-state index in [-0.39, 0.29) is 0 Å². The lowest BCUT2D eigenvalue weighted by atomic mass is 9.82. The number of hydrogen-bond acceptors (Lipinski definition) is 1. The second-order valence-electron chi connectivity index (χ2n) is 4.49. The highest BCUT2D eigenvalue weighted by Crippen LogP contribution is 2.28. The quantitative estimate of drug-likeness (QED) is 0.628. The van der Waals surface area contributed by atoms with E-state index in [2.05, 4.69) is 25.8 Å². The molecule has 0 bridgehead atoms. The average Bonchev–Trinajstić information content (AvgIpc) is 2.04. The van der Waals surface area contributed by atoms with Crippen molar-refractivity contribution < 1.29 is 0 Å². The summed E-state index contributed by atoms with van der Waals surface area (Å²) in [6.45, 7) is 7.16. The minimum atomic E-state index is 0.981. The highest BCUT2D eigenvalue weighted by Gasteiger charge is 2.19. The van der Waals surface area contributed by atoms with Gasteiger partial charge in [0.15, 0.2) is 0 Å². The van der Waals surface area contributed by atoms with Gasteiger partial charge in [-0.15, -0.1) is 0 Å². The van der Waals surface area contributed by atoms with E-state index in [0.717, 1.165) is 11.8 Å². The van der Waals surface area contributed by atoms with Gasteiger partial charge >= 0.3 is 0 Å². The molecule has 0 aromatic rings. The van der Waals surface area contributed by atoms with Crippen molar-refractivity contribution in [1.29, 1.82) is 0 Å². The van der Waals surface area contributed by atoms with Gasteiger partial charge in [0.25, 0.3) is 0 Å². The molecule has 1 nitrogen and oxygen atoms in total. The third kappa shape index (κ3) is 3.14. The van der Waals surface area contributed by atoms with Crippen molar-refractivity contribution in [2.75, 3.05) is 20.1 Å². The van der Waals surface area contributed by atoms with Crippen molar-refractivity contribution in [2.24, 2.45) is 11.8 Å². The summed E-state index contributed by atoms with van der Waals surface area (Å²) >= 11 is 0. The third-order valence-corrected chi connectivity index (χ3v) is 3.15. The Bertz CT molecular complexity index is 122. The fraction of sp³-hybridized carbons (Fsp3) is 1.00. The van der Waals surface area contributed by atoms with E-state index in [1.54, 1.807) is 0 Å². The number of hydrogen-bond donors (Lipinski definition) is 0. The lowest BCUT2D eigenvalue weighted by molar-refractivity contribution is 0.209.